The number of hydrogen-bond acceptors (Lipinski definition) is 3. The molecule has 0 bridgehead atoms. The molecule has 102 valence electrons. The van der Waals surface area contributed by atoms with Crippen LogP contribution in [-0.4, -0.2) is 43.0 Å². The van der Waals surface area contributed by atoms with Crippen molar-refractivity contribution in [2.24, 2.45) is 0 Å². The predicted molar refractivity (Wildman–Crippen MR) is 77.8 cm³/mol. The maximum atomic E-state index is 8.89. The number of benzene rings is 1. The fraction of sp³-hybridized carbons (Fsp3) is 0.562. The van der Waals surface area contributed by atoms with Crippen molar-refractivity contribution in [1.82, 2.24) is 9.80 Å². The van der Waals surface area contributed by atoms with Gasteiger partial charge in [0.2, 0.25) is 0 Å². The largest absolute Gasteiger partial charge is 0.303 e. The van der Waals surface area contributed by atoms with Gasteiger partial charge in [-0.2, -0.15) is 5.26 Å². The van der Waals surface area contributed by atoms with Crippen LogP contribution in [0.2, 0.25) is 0 Å². The van der Waals surface area contributed by atoms with Gasteiger partial charge in [0.25, 0.3) is 0 Å². The third-order valence-electron chi connectivity index (χ3n) is 3.72. The van der Waals surface area contributed by atoms with Crippen LogP contribution >= 0.6 is 0 Å². The molecular weight excluding hydrogens is 234 g/mol. The highest BCUT2D eigenvalue weighted by atomic mass is 15.1. The average Bonchev–Trinajstić information content (AvgIpc) is 2.92. The summed E-state index contributed by atoms with van der Waals surface area (Å²) in [5.41, 5.74) is 1.98. The van der Waals surface area contributed by atoms with Gasteiger partial charge in [0.05, 0.1) is 11.6 Å². The molecule has 2 rings (SSSR count). The summed E-state index contributed by atoms with van der Waals surface area (Å²) in [4.78, 5) is 4.90. The molecule has 0 N–H and O–H groups in total. The molecule has 0 atom stereocenters. The Morgan fingerprint density at radius 2 is 2.11 bits per heavy atom. The van der Waals surface area contributed by atoms with E-state index in [1.54, 1.807) is 0 Å². The van der Waals surface area contributed by atoms with Crippen molar-refractivity contribution in [3.05, 3.63) is 35.4 Å². The van der Waals surface area contributed by atoms with E-state index in [2.05, 4.69) is 29.0 Å². The van der Waals surface area contributed by atoms with Gasteiger partial charge in [0.15, 0.2) is 0 Å². The molecular formula is C16H23N3. The molecule has 1 aliphatic rings. The number of likely N-dealkylation sites (tertiary alicyclic amines) is 1. The van der Waals surface area contributed by atoms with Crippen LogP contribution in [0.4, 0.5) is 0 Å². The van der Waals surface area contributed by atoms with E-state index in [0.29, 0.717) is 0 Å². The van der Waals surface area contributed by atoms with Crippen molar-refractivity contribution in [2.45, 2.75) is 25.8 Å². The molecule has 1 aliphatic heterocycles. The summed E-state index contributed by atoms with van der Waals surface area (Å²) in [6.07, 6.45) is 3.97. The lowest BCUT2D eigenvalue weighted by molar-refractivity contribution is 0.275. The van der Waals surface area contributed by atoms with Crippen molar-refractivity contribution in [3.8, 4) is 6.07 Å². The molecule has 0 aromatic heterocycles. The lowest BCUT2D eigenvalue weighted by Crippen LogP contribution is -2.26. The summed E-state index contributed by atoms with van der Waals surface area (Å²) in [5.74, 6) is 0. The molecule has 3 heteroatoms. The van der Waals surface area contributed by atoms with Gasteiger partial charge >= 0.3 is 0 Å². The summed E-state index contributed by atoms with van der Waals surface area (Å²) in [6.45, 7) is 5.84. The van der Waals surface area contributed by atoms with Crippen LogP contribution in [0, 0.1) is 11.3 Å². The smallest absolute Gasteiger partial charge is 0.0991 e. The third kappa shape index (κ3) is 4.66. The first-order valence-corrected chi connectivity index (χ1v) is 7.18. The Morgan fingerprint density at radius 1 is 1.32 bits per heavy atom. The summed E-state index contributed by atoms with van der Waals surface area (Å²) < 4.78 is 0. The van der Waals surface area contributed by atoms with Gasteiger partial charge < -0.3 is 9.80 Å². The zero-order valence-electron chi connectivity index (χ0n) is 11.8. The molecule has 0 unspecified atom stereocenters. The maximum absolute atomic E-state index is 8.89. The van der Waals surface area contributed by atoms with Crippen LogP contribution in [0.15, 0.2) is 24.3 Å². The van der Waals surface area contributed by atoms with Crippen molar-refractivity contribution in [2.75, 3.05) is 33.2 Å². The monoisotopic (exact) mass is 257 g/mol. The summed E-state index contributed by atoms with van der Waals surface area (Å²) in [5, 5.41) is 8.89. The number of nitriles is 1. The van der Waals surface area contributed by atoms with Gasteiger partial charge in [-0.05, 0) is 70.2 Å². The quantitative estimate of drug-likeness (QED) is 0.784. The van der Waals surface area contributed by atoms with Gasteiger partial charge in [-0.25, -0.2) is 0 Å². The van der Waals surface area contributed by atoms with E-state index in [0.717, 1.165) is 18.7 Å². The minimum Gasteiger partial charge on any atom is -0.303 e. The fourth-order valence-electron chi connectivity index (χ4n) is 2.70. The zero-order chi connectivity index (χ0) is 13.5. The fourth-order valence-corrected chi connectivity index (χ4v) is 2.70. The van der Waals surface area contributed by atoms with Crippen LogP contribution in [0.3, 0.4) is 0 Å². The van der Waals surface area contributed by atoms with Crippen molar-refractivity contribution in [3.63, 3.8) is 0 Å². The van der Waals surface area contributed by atoms with E-state index < -0.39 is 0 Å². The summed E-state index contributed by atoms with van der Waals surface area (Å²) in [6, 6.07) is 10.1. The topological polar surface area (TPSA) is 30.3 Å². The van der Waals surface area contributed by atoms with Crippen LogP contribution in [0.1, 0.15) is 30.4 Å². The van der Waals surface area contributed by atoms with Gasteiger partial charge in [0, 0.05) is 6.54 Å². The van der Waals surface area contributed by atoms with Crippen molar-refractivity contribution >= 4 is 0 Å². The van der Waals surface area contributed by atoms with Gasteiger partial charge in [-0.1, -0.05) is 12.1 Å². The first kappa shape index (κ1) is 14.0. The van der Waals surface area contributed by atoms with Crippen LogP contribution in [-0.2, 0) is 6.54 Å². The van der Waals surface area contributed by atoms with E-state index in [1.807, 2.05) is 18.2 Å². The summed E-state index contributed by atoms with van der Waals surface area (Å²) >= 11 is 0. The second-order valence-electron chi connectivity index (χ2n) is 5.45. The number of nitrogens with zero attached hydrogens (tertiary/aromatic N) is 3. The SMILES string of the molecule is CN(CCCN1CCCC1)Cc1cccc(C#N)c1. The molecule has 0 spiro atoms. The molecule has 1 saturated heterocycles. The molecule has 1 aromatic rings. The highest BCUT2D eigenvalue weighted by Crippen LogP contribution is 2.09. The van der Waals surface area contributed by atoms with Crippen LogP contribution < -0.4 is 0 Å². The Labute approximate surface area is 116 Å². The van der Waals surface area contributed by atoms with Crippen LogP contribution in [0.25, 0.3) is 0 Å². The Morgan fingerprint density at radius 3 is 2.84 bits per heavy atom. The van der Waals surface area contributed by atoms with Gasteiger partial charge in [-0.3, -0.25) is 0 Å². The van der Waals surface area contributed by atoms with E-state index in [1.165, 1.54) is 44.5 Å². The highest BCUT2D eigenvalue weighted by Gasteiger charge is 2.10. The average molecular weight is 257 g/mol. The molecule has 1 heterocycles. The maximum Gasteiger partial charge on any atom is 0.0991 e. The number of hydrogen-bond donors (Lipinski definition) is 0. The Bertz CT molecular complexity index is 430. The molecule has 1 aromatic carbocycles. The molecule has 0 aliphatic carbocycles. The molecule has 0 amide bonds. The zero-order valence-corrected chi connectivity index (χ0v) is 11.8. The van der Waals surface area contributed by atoms with E-state index in [9.17, 15) is 0 Å². The molecule has 0 saturated carbocycles. The Balaban J connectivity index is 1.71. The normalized spacial score (nSPS) is 15.8. The minimum atomic E-state index is 0.753. The lowest BCUT2D eigenvalue weighted by atomic mass is 10.1. The minimum absolute atomic E-state index is 0.753. The van der Waals surface area contributed by atoms with E-state index in [4.69, 9.17) is 5.26 Å². The Hall–Kier alpha value is -1.37. The van der Waals surface area contributed by atoms with Gasteiger partial charge in [-0.15, -0.1) is 0 Å². The van der Waals surface area contributed by atoms with E-state index in [-0.39, 0.29) is 0 Å². The standard InChI is InChI=1S/C16H23N3/c1-18(8-5-11-19-9-2-3-10-19)14-16-7-4-6-15(12-16)13-17/h4,6-7,12H,2-3,5,8-11,14H2,1H3. The first-order chi connectivity index (χ1) is 9.28. The van der Waals surface area contributed by atoms with Crippen molar-refractivity contribution < 1.29 is 0 Å². The van der Waals surface area contributed by atoms with Crippen molar-refractivity contribution in [1.29, 1.82) is 5.26 Å². The molecule has 1 fully saturated rings. The summed E-state index contributed by atoms with van der Waals surface area (Å²) in [7, 11) is 2.16. The molecule has 0 radical (unpaired) electrons. The Kier molecular flexibility index (Phi) is 5.38. The highest BCUT2D eigenvalue weighted by molar-refractivity contribution is 5.32. The molecule has 19 heavy (non-hydrogen) atoms. The lowest BCUT2D eigenvalue weighted by Gasteiger charge is -2.19. The van der Waals surface area contributed by atoms with E-state index >= 15 is 0 Å². The third-order valence-corrected chi connectivity index (χ3v) is 3.72. The van der Waals surface area contributed by atoms with Gasteiger partial charge in [0.1, 0.15) is 0 Å². The second-order valence-corrected chi connectivity index (χ2v) is 5.45. The first-order valence-electron chi connectivity index (χ1n) is 7.18. The number of rotatable bonds is 6. The molecule has 3 nitrogen and oxygen atoms in total. The van der Waals surface area contributed by atoms with Crippen LogP contribution in [0.5, 0.6) is 0 Å². The predicted octanol–water partition coefficient (Wildman–Crippen LogP) is 2.48. The second kappa shape index (κ2) is 7.28.